The van der Waals surface area contributed by atoms with Gasteiger partial charge in [0, 0.05) is 12.4 Å². The van der Waals surface area contributed by atoms with Crippen molar-refractivity contribution < 1.29 is 13.9 Å². The van der Waals surface area contributed by atoms with Gasteiger partial charge >= 0.3 is 5.97 Å². The molecule has 21 heavy (non-hydrogen) atoms. The first-order chi connectivity index (χ1) is 10.2. The van der Waals surface area contributed by atoms with E-state index in [-0.39, 0.29) is 12.4 Å². The highest BCUT2D eigenvalue weighted by molar-refractivity contribution is 9.10. The fourth-order valence-electron chi connectivity index (χ4n) is 1.81. The molecule has 0 fully saturated rings. The molecule has 0 unspecified atom stereocenters. The van der Waals surface area contributed by atoms with Crippen LogP contribution >= 0.6 is 15.9 Å². The SMILES string of the molecule is O=C(OCc1ccc(-n2cccn2)cc1)c1ccc(Br)o1. The van der Waals surface area contributed by atoms with Gasteiger partial charge in [-0.1, -0.05) is 12.1 Å². The molecular formula is C15H11BrN2O3. The number of furan rings is 1. The summed E-state index contributed by atoms with van der Waals surface area (Å²) in [5.41, 5.74) is 1.84. The van der Waals surface area contributed by atoms with E-state index in [0.29, 0.717) is 4.67 Å². The lowest BCUT2D eigenvalue weighted by molar-refractivity contribution is 0.0434. The Morgan fingerprint density at radius 1 is 1.24 bits per heavy atom. The predicted molar refractivity (Wildman–Crippen MR) is 79.1 cm³/mol. The zero-order valence-electron chi connectivity index (χ0n) is 10.9. The second-order valence-corrected chi connectivity index (χ2v) is 5.08. The minimum Gasteiger partial charge on any atom is -0.455 e. The van der Waals surface area contributed by atoms with Crippen molar-refractivity contribution in [1.82, 2.24) is 9.78 Å². The summed E-state index contributed by atoms with van der Waals surface area (Å²) in [6, 6.07) is 12.7. The van der Waals surface area contributed by atoms with E-state index in [1.54, 1.807) is 23.0 Å². The molecule has 2 aromatic heterocycles. The summed E-state index contributed by atoms with van der Waals surface area (Å²) in [5.74, 6) is -0.313. The van der Waals surface area contributed by atoms with Crippen LogP contribution in [0.4, 0.5) is 0 Å². The maximum atomic E-state index is 11.7. The van der Waals surface area contributed by atoms with E-state index in [0.717, 1.165) is 11.3 Å². The number of hydrogen-bond donors (Lipinski definition) is 0. The highest BCUT2D eigenvalue weighted by Gasteiger charge is 2.11. The number of ether oxygens (including phenoxy) is 1. The molecule has 3 aromatic rings. The average Bonchev–Trinajstić information content (AvgIpc) is 3.16. The van der Waals surface area contributed by atoms with Crippen molar-refractivity contribution in [2.24, 2.45) is 0 Å². The molecule has 0 aliphatic rings. The predicted octanol–water partition coefficient (Wildman–Crippen LogP) is 3.58. The molecule has 0 atom stereocenters. The van der Waals surface area contributed by atoms with Crippen LogP contribution in [0.2, 0.25) is 0 Å². The van der Waals surface area contributed by atoms with Gasteiger partial charge < -0.3 is 9.15 Å². The molecular weight excluding hydrogens is 336 g/mol. The minimum atomic E-state index is -0.489. The number of esters is 1. The molecule has 1 aromatic carbocycles. The molecule has 0 saturated carbocycles. The minimum absolute atomic E-state index is 0.176. The first kappa shape index (κ1) is 13.6. The van der Waals surface area contributed by atoms with Crippen LogP contribution in [0.3, 0.4) is 0 Å². The number of aromatic nitrogens is 2. The van der Waals surface area contributed by atoms with Gasteiger partial charge in [-0.3, -0.25) is 0 Å². The van der Waals surface area contributed by atoms with Crippen LogP contribution in [0.5, 0.6) is 0 Å². The highest BCUT2D eigenvalue weighted by atomic mass is 79.9. The first-order valence-electron chi connectivity index (χ1n) is 6.24. The molecule has 3 rings (SSSR count). The Bertz CT molecular complexity index is 733. The van der Waals surface area contributed by atoms with Gasteiger partial charge in [0.05, 0.1) is 5.69 Å². The summed E-state index contributed by atoms with van der Waals surface area (Å²) in [4.78, 5) is 11.7. The maximum Gasteiger partial charge on any atom is 0.374 e. The van der Waals surface area contributed by atoms with Crippen molar-refractivity contribution in [3.63, 3.8) is 0 Å². The van der Waals surface area contributed by atoms with E-state index in [9.17, 15) is 4.79 Å². The topological polar surface area (TPSA) is 57.3 Å². The van der Waals surface area contributed by atoms with Gasteiger partial charge in [-0.05, 0) is 51.8 Å². The fraction of sp³-hybridized carbons (Fsp3) is 0.0667. The molecule has 0 aliphatic heterocycles. The standard InChI is InChI=1S/C15H11BrN2O3/c16-14-7-6-13(21-14)15(19)20-10-11-2-4-12(5-3-11)18-9-1-8-17-18/h1-9H,10H2. The molecule has 6 heteroatoms. The normalized spacial score (nSPS) is 10.5. The van der Waals surface area contributed by atoms with Crippen molar-refractivity contribution >= 4 is 21.9 Å². The Morgan fingerprint density at radius 2 is 2.05 bits per heavy atom. The van der Waals surface area contributed by atoms with Crippen LogP contribution in [0.15, 0.2) is 63.9 Å². The van der Waals surface area contributed by atoms with Crippen LogP contribution < -0.4 is 0 Å². The summed E-state index contributed by atoms with van der Waals surface area (Å²) in [6.45, 7) is 0.191. The number of carbonyl (C=O) groups excluding carboxylic acids is 1. The van der Waals surface area contributed by atoms with Crippen LogP contribution in [0.1, 0.15) is 16.1 Å². The summed E-state index contributed by atoms with van der Waals surface area (Å²) >= 11 is 3.14. The summed E-state index contributed by atoms with van der Waals surface area (Å²) in [7, 11) is 0. The Labute approximate surface area is 129 Å². The van der Waals surface area contributed by atoms with Crippen LogP contribution in [0.25, 0.3) is 5.69 Å². The molecule has 106 valence electrons. The summed E-state index contributed by atoms with van der Waals surface area (Å²) < 4.78 is 12.6. The van der Waals surface area contributed by atoms with Crippen LogP contribution in [0, 0.1) is 0 Å². The van der Waals surface area contributed by atoms with Gasteiger partial charge in [-0.25, -0.2) is 9.48 Å². The molecule has 0 amide bonds. The molecule has 0 spiro atoms. The lowest BCUT2D eigenvalue weighted by Gasteiger charge is -2.05. The second kappa shape index (κ2) is 5.97. The maximum absolute atomic E-state index is 11.7. The fourth-order valence-corrected chi connectivity index (χ4v) is 2.12. The number of hydrogen-bond acceptors (Lipinski definition) is 4. The van der Waals surface area contributed by atoms with Crippen molar-refractivity contribution in [2.75, 3.05) is 0 Å². The third-order valence-corrected chi connectivity index (χ3v) is 3.28. The molecule has 0 radical (unpaired) electrons. The molecule has 2 heterocycles. The number of nitrogens with zero attached hydrogens (tertiary/aromatic N) is 2. The summed E-state index contributed by atoms with van der Waals surface area (Å²) in [5, 5.41) is 4.15. The molecule has 0 bridgehead atoms. The number of carbonyl (C=O) groups is 1. The van der Waals surface area contributed by atoms with E-state index in [1.165, 1.54) is 0 Å². The van der Waals surface area contributed by atoms with Crippen molar-refractivity contribution in [3.8, 4) is 5.69 Å². The third kappa shape index (κ3) is 3.22. The Balaban J connectivity index is 1.62. The Kier molecular flexibility index (Phi) is 3.87. The molecule has 0 aliphatic carbocycles. The van der Waals surface area contributed by atoms with E-state index in [4.69, 9.17) is 9.15 Å². The lowest BCUT2D eigenvalue weighted by atomic mass is 10.2. The smallest absolute Gasteiger partial charge is 0.374 e. The first-order valence-corrected chi connectivity index (χ1v) is 7.03. The van der Waals surface area contributed by atoms with Gasteiger partial charge in [-0.2, -0.15) is 5.10 Å². The second-order valence-electron chi connectivity index (χ2n) is 4.30. The van der Waals surface area contributed by atoms with E-state index in [1.807, 2.05) is 36.5 Å². The highest BCUT2D eigenvalue weighted by Crippen LogP contribution is 2.16. The van der Waals surface area contributed by atoms with Crippen LogP contribution in [-0.4, -0.2) is 15.7 Å². The third-order valence-electron chi connectivity index (χ3n) is 2.85. The Morgan fingerprint density at radius 3 is 2.67 bits per heavy atom. The van der Waals surface area contributed by atoms with Gasteiger partial charge in [0.15, 0.2) is 4.67 Å². The quantitative estimate of drug-likeness (QED) is 0.677. The molecule has 0 N–H and O–H groups in total. The monoisotopic (exact) mass is 346 g/mol. The molecule has 0 saturated heterocycles. The van der Waals surface area contributed by atoms with Gasteiger partial charge in [0.25, 0.3) is 0 Å². The van der Waals surface area contributed by atoms with E-state index < -0.39 is 5.97 Å². The number of halogens is 1. The van der Waals surface area contributed by atoms with Crippen LogP contribution in [-0.2, 0) is 11.3 Å². The van der Waals surface area contributed by atoms with Crippen molar-refractivity contribution in [2.45, 2.75) is 6.61 Å². The van der Waals surface area contributed by atoms with E-state index >= 15 is 0 Å². The van der Waals surface area contributed by atoms with Gasteiger partial charge in [-0.15, -0.1) is 0 Å². The zero-order valence-corrected chi connectivity index (χ0v) is 12.5. The van der Waals surface area contributed by atoms with Gasteiger partial charge in [0.1, 0.15) is 6.61 Å². The number of rotatable bonds is 4. The zero-order chi connectivity index (χ0) is 14.7. The Hall–Kier alpha value is -2.34. The molecule has 5 nitrogen and oxygen atoms in total. The lowest BCUT2D eigenvalue weighted by Crippen LogP contribution is -2.04. The van der Waals surface area contributed by atoms with Gasteiger partial charge in [0.2, 0.25) is 5.76 Å². The van der Waals surface area contributed by atoms with Crippen molar-refractivity contribution in [3.05, 3.63) is 70.9 Å². The largest absolute Gasteiger partial charge is 0.455 e. The average molecular weight is 347 g/mol. The van der Waals surface area contributed by atoms with Crippen molar-refractivity contribution in [1.29, 1.82) is 0 Å². The summed E-state index contributed by atoms with van der Waals surface area (Å²) in [6.07, 6.45) is 3.58. The number of benzene rings is 1. The van der Waals surface area contributed by atoms with E-state index in [2.05, 4.69) is 21.0 Å².